The molecule has 0 saturated carbocycles. The van der Waals surface area contributed by atoms with Crippen LogP contribution in [-0.2, 0) is 0 Å². The second-order valence-corrected chi connectivity index (χ2v) is 5.79. The molecule has 0 bridgehead atoms. The van der Waals surface area contributed by atoms with Gasteiger partial charge in [0, 0.05) is 10.2 Å². The van der Waals surface area contributed by atoms with Crippen LogP contribution in [-0.4, -0.2) is 5.91 Å². The van der Waals surface area contributed by atoms with Gasteiger partial charge in [-0.05, 0) is 65.5 Å². The number of anilines is 2. The van der Waals surface area contributed by atoms with Gasteiger partial charge in [0.25, 0.3) is 5.91 Å². The number of hydrogen-bond donors (Lipinski definition) is 2. The molecular formula is C16H17BrN2O. The van der Waals surface area contributed by atoms with E-state index in [1.807, 2.05) is 45.0 Å². The van der Waals surface area contributed by atoms with Crippen LogP contribution in [0.2, 0.25) is 0 Å². The molecule has 3 nitrogen and oxygen atoms in total. The van der Waals surface area contributed by atoms with E-state index in [4.69, 9.17) is 5.73 Å². The zero-order chi connectivity index (χ0) is 14.9. The van der Waals surface area contributed by atoms with Crippen molar-refractivity contribution in [1.82, 2.24) is 0 Å². The molecule has 0 unspecified atom stereocenters. The average molecular weight is 333 g/mol. The van der Waals surface area contributed by atoms with Gasteiger partial charge < -0.3 is 11.1 Å². The molecule has 104 valence electrons. The smallest absolute Gasteiger partial charge is 0.258 e. The molecule has 0 fully saturated rings. The zero-order valence-corrected chi connectivity index (χ0v) is 13.3. The van der Waals surface area contributed by atoms with Crippen LogP contribution in [0, 0.1) is 20.8 Å². The van der Waals surface area contributed by atoms with Crippen molar-refractivity contribution in [2.24, 2.45) is 0 Å². The van der Waals surface area contributed by atoms with Crippen LogP contribution in [0.4, 0.5) is 11.4 Å². The number of aryl methyl sites for hydroxylation is 3. The van der Waals surface area contributed by atoms with Crippen molar-refractivity contribution in [3.05, 3.63) is 57.1 Å². The number of carbonyl (C=O) groups is 1. The van der Waals surface area contributed by atoms with E-state index in [0.717, 1.165) is 26.9 Å². The molecule has 0 aliphatic rings. The van der Waals surface area contributed by atoms with Crippen LogP contribution >= 0.6 is 15.9 Å². The van der Waals surface area contributed by atoms with Gasteiger partial charge in [0.2, 0.25) is 0 Å². The third kappa shape index (κ3) is 2.85. The van der Waals surface area contributed by atoms with Crippen molar-refractivity contribution in [3.63, 3.8) is 0 Å². The normalized spacial score (nSPS) is 10.4. The van der Waals surface area contributed by atoms with E-state index in [2.05, 4.69) is 21.2 Å². The zero-order valence-electron chi connectivity index (χ0n) is 11.8. The largest absolute Gasteiger partial charge is 0.398 e. The van der Waals surface area contributed by atoms with Gasteiger partial charge in [-0.2, -0.15) is 0 Å². The molecule has 2 aromatic carbocycles. The fourth-order valence-corrected chi connectivity index (χ4v) is 3.02. The third-order valence-corrected chi connectivity index (χ3v) is 3.83. The molecule has 0 aliphatic carbocycles. The highest BCUT2D eigenvalue weighted by Crippen LogP contribution is 2.29. The summed E-state index contributed by atoms with van der Waals surface area (Å²) in [4.78, 5) is 12.4. The maximum absolute atomic E-state index is 12.4. The molecule has 0 saturated heterocycles. The summed E-state index contributed by atoms with van der Waals surface area (Å²) in [5, 5.41) is 2.94. The maximum Gasteiger partial charge on any atom is 0.258 e. The van der Waals surface area contributed by atoms with E-state index in [9.17, 15) is 4.79 Å². The van der Waals surface area contributed by atoms with Gasteiger partial charge in [0.15, 0.2) is 0 Å². The number of nitrogen functional groups attached to an aromatic ring is 1. The molecule has 0 aliphatic heterocycles. The molecule has 2 aromatic rings. The van der Waals surface area contributed by atoms with Crippen molar-refractivity contribution in [1.29, 1.82) is 0 Å². The number of rotatable bonds is 2. The summed E-state index contributed by atoms with van der Waals surface area (Å²) in [5.41, 5.74) is 10.7. The Labute approximate surface area is 127 Å². The number of nitrogens with two attached hydrogens (primary N) is 1. The predicted octanol–water partition coefficient (Wildman–Crippen LogP) is 4.21. The fraction of sp³-hybridized carbons (Fsp3) is 0.188. The summed E-state index contributed by atoms with van der Waals surface area (Å²) >= 11 is 3.49. The topological polar surface area (TPSA) is 55.1 Å². The van der Waals surface area contributed by atoms with Gasteiger partial charge >= 0.3 is 0 Å². The molecule has 0 radical (unpaired) electrons. The maximum atomic E-state index is 12.4. The monoisotopic (exact) mass is 332 g/mol. The first-order valence-corrected chi connectivity index (χ1v) is 7.12. The Morgan fingerprint density at radius 3 is 2.45 bits per heavy atom. The molecule has 4 heteroatoms. The highest BCUT2D eigenvalue weighted by atomic mass is 79.9. The average Bonchev–Trinajstić information content (AvgIpc) is 2.33. The van der Waals surface area contributed by atoms with E-state index in [0.29, 0.717) is 11.3 Å². The lowest BCUT2D eigenvalue weighted by molar-refractivity contribution is 0.102. The van der Waals surface area contributed by atoms with Crippen LogP contribution in [0.1, 0.15) is 27.0 Å². The van der Waals surface area contributed by atoms with Crippen LogP contribution in [0.15, 0.2) is 34.8 Å². The van der Waals surface area contributed by atoms with E-state index < -0.39 is 0 Å². The number of amides is 1. The summed E-state index contributed by atoms with van der Waals surface area (Å²) in [6.07, 6.45) is 0. The molecule has 0 heterocycles. The highest BCUT2D eigenvalue weighted by Gasteiger charge is 2.15. The Kier molecular flexibility index (Phi) is 4.14. The summed E-state index contributed by atoms with van der Waals surface area (Å²) in [7, 11) is 0. The minimum atomic E-state index is -0.187. The molecule has 3 N–H and O–H groups in total. The van der Waals surface area contributed by atoms with E-state index in [1.54, 1.807) is 6.07 Å². The molecular weight excluding hydrogens is 316 g/mol. The fourth-order valence-electron chi connectivity index (χ4n) is 2.25. The molecule has 0 aromatic heterocycles. The van der Waals surface area contributed by atoms with Gasteiger partial charge in [-0.25, -0.2) is 0 Å². The minimum absolute atomic E-state index is 0.187. The second kappa shape index (κ2) is 5.67. The van der Waals surface area contributed by atoms with Gasteiger partial charge in [-0.3, -0.25) is 4.79 Å². The Morgan fingerprint density at radius 2 is 1.85 bits per heavy atom. The lowest BCUT2D eigenvalue weighted by Gasteiger charge is -2.14. The van der Waals surface area contributed by atoms with Crippen LogP contribution in [0.5, 0.6) is 0 Å². The van der Waals surface area contributed by atoms with E-state index in [1.165, 1.54) is 0 Å². The molecule has 20 heavy (non-hydrogen) atoms. The number of nitrogens with one attached hydrogen (secondary N) is 1. The third-order valence-electron chi connectivity index (χ3n) is 3.20. The molecule has 0 spiro atoms. The van der Waals surface area contributed by atoms with Crippen molar-refractivity contribution >= 4 is 33.2 Å². The van der Waals surface area contributed by atoms with Crippen molar-refractivity contribution in [2.75, 3.05) is 11.1 Å². The van der Waals surface area contributed by atoms with Gasteiger partial charge in [-0.15, -0.1) is 0 Å². The van der Waals surface area contributed by atoms with Crippen LogP contribution in [0.3, 0.4) is 0 Å². The van der Waals surface area contributed by atoms with Gasteiger partial charge in [0.05, 0.1) is 11.3 Å². The summed E-state index contributed by atoms with van der Waals surface area (Å²) in [6.45, 7) is 5.86. The number of benzene rings is 2. The standard InChI is InChI=1S/C16H17BrN2O/c1-9-7-11(3)15(12(17)8-9)19-16(20)14-10(2)5-4-6-13(14)18/h4-8H,18H2,1-3H3,(H,19,20). The van der Waals surface area contributed by atoms with E-state index >= 15 is 0 Å². The highest BCUT2D eigenvalue weighted by molar-refractivity contribution is 9.10. The number of hydrogen-bond acceptors (Lipinski definition) is 2. The lowest BCUT2D eigenvalue weighted by atomic mass is 10.1. The van der Waals surface area contributed by atoms with Crippen molar-refractivity contribution in [3.8, 4) is 0 Å². The summed E-state index contributed by atoms with van der Waals surface area (Å²) in [5.74, 6) is -0.187. The van der Waals surface area contributed by atoms with Crippen LogP contribution < -0.4 is 11.1 Å². The minimum Gasteiger partial charge on any atom is -0.398 e. The van der Waals surface area contributed by atoms with Crippen LogP contribution in [0.25, 0.3) is 0 Å². The Morgan fingerprint density at radius 1 is 1.15 bits per heavy atom. The Hall–Kier alpha value is -1.81. The Balaban J connectivity index is 2.38. The van der Waals surface area contributed by atoms with Gasteiger partial charge in [-0.1, -0.05) is 18.2 Å². The summed E-state index contributed by atoms with van der Waals surface area (Å²) in [6, 6.07) is 9.46. The first-order valence-electron chi connectivity index (χ1n) is 6.33. The molecule has 1 amide bonds. The number of carbonyl (C=O) groups excluding carboxylic acids is 1. The van der Waals surface area contributed by atoms with Crippen molar-refractivity contribution < 1.29 is 4.79 Å². The first-order chi connectivity index (χ1) is 9.40. The lowest BCUT2D eigenvalue weighted by Crippen LogP contribution is -2.16. The second-order valence-electron chi connectivity index (χ2n) is 4.93. The predicted molar refractivity (Wildman–Crippen MR) is 87.2 cm³/mol. The molecule has 2 rings (SSSR count). The summed E-state index contributed by atoms with van der Waals surface area (Å²) < 4.78 is 0.871. The SMILES string of the molecule is Cc1cc(C)c(NC(=O)c2c(C)cccc2N)c(Br)c1. The van der Waals surface area contributed by atoms with E-state index in [-0.39, 0.29) is 5.91 Å². The first kappa shape index (κ1) is 14.6. The van der Waals surface area contributed by atoms with Crippen molar-refractivity contribution in [2.45, 2.75) is 20.8 Å². The Bertz CT molecular complexity index is 637. The molecule has 0 atom stereocenters. The van der Waals surface area contributed by atoms with Gasteiger partial charge in [0.1, 0.15) is 0 Å². The number of halogens is 1. The quantitative estimate of drug-likeness (QED) is 0.809.